The predicted molar refractivity (Wildman–Crippen MR) is 234 cm³/mol. The standard InChI is InChI=1S/C49H76O18/c1-22(52)38-36(59)39(67-42-35(58)34(57)33(56)28(20-50)64-42)37(60)43(66-38)65-31-15-16-46(9)29(45(31,7)8)14-17-47(10)30(46)13-12-26-27-18-44(5,6)40(62-24(3)54)41(63-25(4)55)49(27,21-51)32(61-23(2)53)19-48(26,47)11/h12,27-43,50-51,56-60H,13-21H2,1-11H3/t27?,28?,29?,30?,31-,32?,33?,34?,35?,36?,37?,38?,39?,40?,41?,42?,43?,46-,47+,48+,49-/m0/s1. The topological polar surface area (TPSA) is 274 Å². The summed E-state index contributed by atoms with van der Waals surface area (Å²) >= 11 is 0. The molecule has 4 saturated carbocycles. The Labute approximate surface area is 393 Å². The van der Waals surface area contributed by atoms with Gasteiger partial charge < -0.3 is 68.9 Å². The van der Waals surface area contributed by atoms with Gasteiger partial charge in [-0.1, -0.05) is 60.1 Å². The fraction of sp³-hybridized carbons (Fsp3) is 0.878. The average Bonchev–Trinajstić information content (AvgIpc) is 3.22. The van der Waals surface area contributed by atoms with Crippen LogP contribution in [0.25, 0.3) is 0 Å². The highest BCUT2D eigenvalue weighted by Gasteiger charge is 2.74. The molecule has 380 valence electrons. The normalized spacial score (nSPS) is 48.8. The summed E-state index contributed by atoms with van der Waals surface area (Å²) in [4.78, 5) is 51.5. The molecule has 2 saturated heterocycles. The second kappa shape index (κ2) is 18.2. The lowest BCUT2D eigenvalue weighted by atomic mass is 9.33. The van der Waals surface area contributed by atoms with Gasteiger partial charge in [-0.05, 0) is 91.3 Å². The van der Waals surface area contributed by atoms with Gasteiger partial charge in [-0.25, -0.2) is 0 Å². The van der Waals surface area contributed by atoms with Gasteiger partial charge in [0.05, 0.1) is 24.7 Å². The van der Waals surface area contributed by atoms with Crippen molar-refractivity contribution in [1.29, 1.82) is 0 Å². The minimum absolute atomic E-state index is 0.0716. The Kier molecular flexibility index (Phi) is 14.2. The highest BCUT2D eigenvalue weighted by molar-refractivity contribution is 5.81. The number of carbonyl (C=O) groups excluding carboxylic acids is 4. The van der Waals surface area contributed by atoms with Crippen LogP contribution in [0.1, 0.15) is 121 Å². The number of Topliss-reactive ketones (excluding diaryl/α,β-unsaturated/α-hetero) is 1. The lowest BCUT2D eigenvalue weighted by Crippen LogP contribution is -2.73. The second-order valence-electron chi connectivity index (χ2n) is 23.0. The molecular weight excluding hydrogens is 877 g/mol. The molecule has 0 amide bonds. The minimum Gasteiger partial charge on any atom is -0.462 e. The first kappa shape index (κ1) is 52.2. The third kappa shape index (κ3) is 8.23. The van der Waals surface area contributed by atoms with E-state index in [9.17, 15) is 54.9 Å². The summed E-state index contributed by atoms with van der Waals surface area (Å²) in [5.41, 5.74) is -2.65. The van der Waals surface area contributed by atoms with Crippen molar-refractivity contribution in [2.45, 2.75) is 207 Å². The Hall–Kier alpha value is -2.62. The number of hydrogen-bond acceptors (Lipinski definition) is 18. The quantitative estimate of drug-likeness (QED) is 0.0714. The summed E-state index contributed by atoms with van der Waals surface area (Å²) in [5, 5.41) is 75.9. The molecule has 7 aliphatic rings. The van der Waals surface area contributed by atoms with E-state index in [0.29, 0.717) is 32.1 Å². The first-order chi connectivity index (χ1) is 31.1. The SMILES string of the molecule is CC(=O)OC1C(OC(C)=O)[C@]2(CO)C(OC(C)=O)C[C@]3(C)C(=CCC4[C@@]5(C)CC[C@H](OC6OC(C(C)=O)C(O)C(OC7OC(CO)C(O)C(O)C7O)C6O)C(C)(C)C5CC[C@]43C)C2CC1(C)C. The zero-order chi connectivity index (χ0) is 49.7. The number of hydrogen-bond donors (Lipinski definition) is 7. The van der Waals surface area contributed by atoms with E-state index >= 15 is 0 Å². The lowest BCUT2D eigenvalue weighted by Gasteiger charge is -2.72. The van der Waals surface area contributed by atoms with E-state index in [0.717, 1.165) is 18.4 Å². The van der Waals surface area contributed by atoms with Crippen LogP contribution in [0.4, 0.5) is 0 Å². The zero-order valence-corrected chi connectivity index (χ0v) is 40.9. The van der Waals surface area contributed by atoms with Crippen molar-refractivity contribution in [3.8, 4) is 0 Å². The van der Waals surface area contributed by atoms with Gasteiger partial charge in [-0.15, -0.1) is 0 Å². The smallest absolute Gasteiger partial charge is 0.303 e. The minimum atomic E-state index is -1.83. The summed E-state index contributed by atoms with van der Waals surface area (Å²) in [7, 11) is 0. The Morgan fingerprint density at radius 1 is 0.672 bits per heavy atom. The van der Waals surface area contributed by atoms with Crippen LogP contribution >= 0.6 is 0 Å². The summed E-state index contributed by atoms with van der Waals surface area (Å²) < 4.78 is 42.4. The largest absolute Gasteiger partial charge is 0.462 e. The van der Waals surface area contributed by atoms with Crippen LogP contribution in [0, 0.1) is 50.2 Å². The molecule has 2 heterocycles. The lowest BCUT2D eigenvalue weighted by molar-refractivity contribution is -0.364. The van der Waals surface area contributed by atoms with Gasteiger partial charge in [0, 0.05) is 26.2 Å². The molecule has 0 aromatic rings. The molecule has 7 N–H and O–H groups in total. The van der Waals surface area contributed by atoms with E-state index in [1.165, 1.54) is 27.7 Å². The molecule has 67 heavy (non-hydrogen) atoms. The van der Waals surface area contributed by atoms with Crippen molar-refractivity contribution in [3.05, 3.63) is 11.6 Å². The van der Waals surface area contributed by atoms with Gasteiger partial charge in [-0.2, -0.15) is 0 Å². The number of aliphatic hydroxyl groups is 7. The Balaban J connectivity index is 1.19. The van der Waals surface area contributed by atoms with Crippen molar-refractivity contribution >= 4 is 23.7 Å². The number of aliphatic hydroxyl groups excluding tert-OH is 7. The van der Waals surface area contributed by atoms with E-state index < -0.39 is 150 Å². The summed E-state index contributed by atoms with van der Waals surface area (Å²) in [6.07, 6.45) is -13.2. The Morgan fingerprint density at radius 3 is 1.87 bits per heavy atom. The monoisotopic (exact) mass is 953 g/mol. The van der Waals surface area contributed by atoms with Gasteiger partial charge in [-0.3, -0.25) is 19.2 Å². The number of esters is 3. The zero-order valence-electron chi connectivity index (χ0n) is 40.9. The third-order valence-electron chi connectivity index (χ3n) is 18.5. The van der Waals surface area contributed by atoms with Crippen molar-refractivity contribution in [2.75, 3.05) is 13.2 Å². The van der Waals surface area contributed by atoms with Crippen LogP contribution in [0.2, 0.25) is 0 Å². The number of fused-ring (bicyclic) bond motifs is 7. The molecule has 16 unspecified atom stereocenters. The maximum absolute atomic E-state index is 13.1. The molecule has 0 bridgehead atoms. The highest BCUT2D eigenvalue weighted by atomic mass is 16.7. The molecule has 6 fully saturated rings. The van der Waals surface area contributed by atoms with Crippen LogP contribution in [-0.2, 0) is 52.3 Å². The van der Waals surface area contributed by atoms with Crippen molar-refractivity contribution < 1.29 is 88.1 Å². The summed E-state index contributed by atoms with van der Waals surface area (Å²) in [6.45, 7) is 19.1. The van der Waals surface area contributed by atoms with E-state index in [-0.39, 0.29) is 22.7 Å². The number of ether oxygens (including phenoxy) is 7. The van der Waals surface area contributed by atoms with Crippen LogP contribution in [0.5, 0.6) is 0 Å². The number of allylic oxidation sites excluding steroid dienone is 2. The van der Waals surface area contributed by atoms with E-state index in [4.69, 9.17) is 33.2 Å². The maximum atomic E-state index is 13.1. The van der Waals surface area contributed by atoms with Gasteiger partial charge >= 0.3 is 17.9 Å². The van der Waals surface area contributed by atoms with Gasteiger partial charge in [0.2, 0.25) is 0 Å². The van der Waals surface area contributed by atoms with E-state index in [1.54, 1.807) is 0 Å². The van der Waals surface area contributed by atoms with Crippen molar-refractivity contribution in [1.82, 2.24) is 0 Å². The number of ketones is 1. The Bertz CT molecular complexity index is 1930. The molecule has 0 aromatic heterocycles. The first-order valence-electron chi connectivity index (χ1n) is 24.0. The molecule has 18 nitrogen and oxygen atoms in total. The average molecular weight is 953 g/mol. The van der Waals surface area contributed by atoms with E-state index in [1.807, 2.05) is 13.8 Å². The van der Waals surface area contributed by atoms with Crippen LogP contribution in [-0.4, -0.2) is 158 Å². The van der Waals surface area contributed by atoms with Crippen LogP contribution < -0.4 is 0 Å². The molecule has 5 aliphatic carbocycles. The fourth-order valence-corrected chi connectivity index (χ4v) is 15.1. The molecule has 21 atom stereocenters. The maximum Gasteiger partial charge on any atom is 0.303 e. The third-order valence-corrected chi connectivity index (χ3v) is 18.5. The fourth-order valence-electron chi connectivity index (χ4n) is 15.1. The molecule has 0 spiro atoms. The number of rotatable bonds is 10. The van der Waals surface area contributed by atoms with Crippen LogP contribution in [0.15, 0.2) is 11.6 Å². The van der Waals surface area contributed by atoms with Crippen LogP contribution in [0.3, 0.4) is 0 Å². The Morgan fingerprint density at radius 2 is 1.28 bits per heavy atom. The van der Waals surface area contributed by atoms with Crippen molar-refractivity contribution in [3.63, 3.8) is 0 Å². The van der Waals surface area contributed by atoms with E-state index in [2.05, 4.69) is 40.7 Å². The van der Waals surface area contributed by atoms with Gasteiger partial charge in [0.25, 0.3) is 0 Å². The highest BCUT2D eigenvalue weighted by Crippen LogP contribution is 2.76. The predicted octanol–water partition coefficient (Wildman–Crippen LogP) is 2.01. The first-order valence-corrected chi connectivity index (χ1v) is 24.0. The van der Waals surface area contributed by atoms with Crippen molar-refractivity contribution in [2.24, 2.45) is 50.2 Å². The molecule has 18 heteroatoms. The van der Waals surface area contributed by atoms with Gasteiger partial charge in [0.1, 0.15) is 61.0 Å². The molecular formula is C49H76O18. The molecule has 2 aliphatic heterocycles. The second-order valence-corrected chi connectivity index (χ2v) is 23.0. The summed E-state index contributed by atoms with van der Waals surface area (Å²) in [5.74, 6) is -2.51. The number of carbonyl (C=O) groups is 4. The molecule has 7 rings (SSSR count). The summed E-state index contributed by atoms with van der Waals surface area (Å²) in [6, 6.07) is 0. The molecule has 0 radical (unpaired) electrons. The molecule has 0 aromatic carbocycles. The van der Waals surface area contributed by atoms with Gasteiger partial charge in [0.15, 0.2) is 24.5 Å².